The molecule has 2 aliphatic rings. The highest BCUT2D eigenvalue weighted by molar-refractivity contribution is 5.80. The van der Waals surface area contributed by atoms with Gasteiger partial charge in [-0.15, -0.1) is 0 Å². The summed E-state index contributed by atoms with van der Waals surface area (Å²) in [6, 6.07) is 8.26. The van der Waals surface area contributed by atoms with Gasteiger partial charge < -0.3 is 19.4 Å². The van der Waals surface area contributed by atoms with Crippen molar-refractivity contribution in [2.75, 3.05) is 33.4 Å². The van der Waals surface area contributed by atoms with Gasteiger partial charge in [0.25, 0.3) is 0 Å². The first-order valence-electron chi connectivity index (χ1n) is 9.23. The fraction of sp³-hybridized carbons (Fsp3) is 0.500. The number of rotatable bonds is 3. The molecule has 1 unspecified atom stereocenters. The van der Waals surface area contributed by atoms with E-state index in [-0.39, 0.29) is 0 Å². The molecule has 2 aromatic rings. The monoisotopic (exact) mass is 354 g/mol. The van der Waals surface area contributed by atoms with Crippen LogP contribution in [0.25, 0.3) is 11.3 Å². The molecule has 0 radical (unpaired) electrons. The van der Waals surface area contributed by atoms with Crippen LogP contribution in [0.15, 0.2) is 39.9 Å². The number of nitrogens with one attached hydrogen (secondary N) is 1. The van der Waals surface area contributed by atoms with Crippen molar-refractivity contribution in [3.05, 3.63) is 41.9 Å². The minimum Gasteiger partial charge on any atom is -0.439 e. The van der Waals surface area contributed by atoms with Crippen LogP contribution in [0.5, 0.6) is 0 Å². The van der Waals surface area contributed by atoms with Crippen LogP contribution < -0.4 is 5.32 Å². The molecular formula is C20H26N4O2. The van der Waals surface area contributed by atoms with Gasteiger partial charge in [-0.2, -0.15) is 0 Å². The zero-order valence-electron chi connectivity index (χ0n) is 15.5. The van der Waals surface area contributed by atoms with Gasteiger partial charge in [-0.3, -0.25) is 4.99 Å². The molecule has 138 valence electrons. The number of hydrogen-bond donors (Lipinski definition) is 1. The summed E-state index contributed by atoms with van der Waals surface area (Å²) in [5.74, 6) is 2.36. The zero-order valence-corrected chi connectivity index (χ0v) is 15.5. The summed E-state index contributed by atoms with van der Waals surface area (Å²) in [7, 11) is 1.83. The summed E-state index contributed by atoms with van der Waals surface area (Å²) < 4.78 is 11.5. The predicted molar refractivity (Wildman–Crippen MR) is 101 cm³/mol. The summed E-state index contributed by atoms with van der Waals surface area (Å²) in [5.41, 5.74) is 2.59. The Morgan fingerprint density at radius 2 is 2.15 bits per heavy atom. The molecule has 1 aromatic carbocycles. The Morgan fingerprint density at radius 1 is 1.31 bits per heavy atom. The van der Waals surface area contributed by atoms with E-state index in [1.165, 1.54) is 12.0 Å². The lowest BCUT2D eigenvalue weighted by Gasteiger charge is -2.24. The normalized spacial score (nSPS) is 23.2. The largest absolute Gasteiger partial charge is 0.439 e. The van der Waals surface area contributed by atoms with Crippen LogP contribution in [0.2, 0.25) is 0 Å². The maximum absolute atomic E-state index is 5.89. The number of hydrogen-bond acceptors (Lipinski definition) is 4. The van der Waals surface area contributed by atoms with Crippen LogP contribution in [-0.4, -0.2) is 49.2 Å². The fourth-order valence-electron chi connectivity index (χ4n) is 3.82. The molecule has 1 atom stereocenters. The molecule has 2 fully saturated rings. The lowest BCUT2D eigenvalue weighted by molar-refractivity contribution is 0.156. The number of aryl methyl sites for hydroxylation is 1. The number of aliphatic imine (C=N–C) groups is 1. The highest BCUT2D eigenvalue weighted by atomic mass is 16.5. The van der Waals surface area contributed by atoms with Crippen LogP contribution in [-0.2, 0) is 11.3 Å². The maximum Gasteiger partial charge on any atom is 0.214 e. The second-order valence-corrected chi connectivity index (χ2v) is 7.36. The Labute approximate surface area is 154 Å². The SMILES string of the molecule is CN=C(NCc1ncc(-c2ccc(C)cc2)o1)N1CCC2(CCOC2)C1. The van der Waals surface area contributed by atoms with E-state index in [0.29, 0.717) is 17.9 Å². The van der Waals surface area contributed by atoms with Crippen LogP contribution >= 0.6 is 0 Å². The first-order chi connectivity index (χ1) is 12.7. The first kappa shape index (κ1) is 17.1. The third-order valence-electron chi connectivity index (χ3n) is 5.42. The number of ether oxygens (including phenoxy) is 1. The molecule has 26 heavy (non-hydrogen) atoms. The second kappa shape index (κ2) is 7.11. The molecule has 0 amide bonds. The number of guanidine groups is 1. The Kier molecular flexibility index (Phi) is 4.68. The van der Waals surface area contributed by atoms with Gasteiger partial charge in [0.1, 0.15) is 0 Å². The topological polar surface area (TPSA) is 62.9 Å². The molecule has 6 heteroatoms. The van der Waals surface area contributed by atoms with Gasteiger partial charge in [0.05, 0.1) is 19.3 Å². The van der Waals surface area contributed by atoms with Crippen LogP contribution in [0.1, 0.15) is 24.3 Å². The Bertz CT molecular complexity index is 775. The van der Waals surface area contributed by atoms with Crippen molar-refractivity contribution in [3.8, 4) is 11.3 Å². The summed E-state index contributed by atoms with van der Waals surface area (Å²) in [4.78, 5) is 11.1. The lowest BCUT2D eigenvalue weighted by Crippen LogP contribution is -2.41. The van der Waals surface area contributed by atoms with Crippen molar-refractivity contribution in [2.24, 2.45) is 10.4 Å². The minimum absolute atomic E-state index is 0.319. The number of benzene rings is 1. The summed E-state index contributed by atoms with van der Waals surface area (Å²) >= 11 is 0. The zero-order chi connectivity index (χ0) is 18.0. The molecule has 4 rings (SSSR count). The number of oxazole rings is 1. The van der Waals surface area contributed by atoms with Crippen molar-refractivity contribution in [1.29, 1.82) is 0 Å². The van der Waals surface area contributed by atoms with E-state index < -0.39 is 0 Å². The number of aromatic nitrogens is 1. The molecular weight excluding hydrogens is 328 g/mol. The molecule has 2 aliphatic heterocycles. The molecule has 6 nitrogen and oxygen atoms in total. The standard InChI is InChI=1S/C20H26N4O2/c1-15-3-5-16(6-4-15)17-11-22-18(26-17)12-23-19(21-2)24-9-7-20(13-24)8-10-25-14-20/h3-6,11H,7-10,12-14H2,1-2H3,(H,21,23). The molecule has 1 aromatic heterocycles. The smallest absolute Gasteiger partial charge is 0.214 e. The van der Waals surface area contributed by atoms with Gasteiger partial charge in [0, 0.05) is 37.7 Å². The van der Waals surface area contributed by atoms with E-state index in [2.05, 4.69) is 51.4 Å². The van der Waals surface area contributed by atoms with Gasteiger partial charge in [-0.05, 0) is 19.8 Å². The van der Waals surface area contributed by atoms with E-state index in [0.717, 1.165) is 50.0 Å². The average Bonchev–Trinajstić information content (AvgIpc) is 3.39. The Balaban J connectivity index is 1.37. The van der Waals surface area contributed by atoms with Crippen LogP contribution in [0.4, 0.5) is 0 Å². The van der Waals surface area contributed by atoms with Crippen molar-refractivity contribution < 1.29 is 9.15 Å². The number of likely N-dealkylation sites (tertiary alicyclic amines) is 1. The Hall–Kier alpha value is -2.34. The minimum atomic E-state index is 0.319. The molecule has 3 heterocycles. The highest BCUT2D eigenvalue weighted by Gasteiger charge is 2.42. The maximum atomic E-state index is 5.89. The number of nitrogens with zero attached hydrogens (tertiary/aromatic N) is 3. The van der Waals surface area contributed by atoms with Crippen molar-refractivity contribution >= 4 is 5.96 Å². The van der Waals surface area contributed by atoms with Crippen molar-refractivity contribution in [1.82, 2.24) is 15.2 Å². The highest BCUT2D eigenvalue weighted by Crippen LogP contribution is 2.38. The molecule has 2 saturated heterocycles. The third-order valence-corrected chi connectivity index (χ3v) is 5.42. The molecule has 0 aliphatic carbocycles. The lowest BCUT2D eigenvalue weighted by atomic mass is 9.87. The van der Waals surface area contributed by atoms with Gasteiger partial charge in [0.15, 0.2) is 11.7 Å². The quantitative estimate of drug-likeness (QED) is 0.678. The van der Waals surface area contributed by atoms with E-state index in [9.17, 15) is 0 Å². The summed E-state index contributed by atoms with van der Waals surface area (Å²) in [5, 5.41) is 3.39. The van der Waals surface area contributed by atoms with Gasteiger partial charge in [-0.25, -0.2) is 4.98 Å². The van der Waals surface area contributed by atoms with Crippen LogP contribution in [0, 0.1) is 12.3 Å². The van der Waals surface area contributed by atoms with Crippen molar-refractivity contribution in [3.63, 3.8) is 0 Å². The van der Waals surface area contributed by atoms with Crippen LogP contribution in [0.3, 0.4) is 0 Å². The van der Waals surface area contributed by atoms with Gasteiger partial charge in [-0.1, -0.05) is 29.8 Å². The van der Waals surface area contributed by atoms with E-state index >= 15 is 0 Å². The molecule has 1 N–H and O–H groups in total. The van der Waals surface area contributed by atoms with Gasteiger partial charge >= 0.3 is 0 Å². The van der Waals surface area contributed by atoms with Crippen molar-refractivity contribution in [2.45, 2.75) is 26.3 Å². The predicted octanol–water partition coefficient (Wildman–Crippen LogP) is 2.84. The van der Waals surface area contributed by atoms with E-state index in [1.54, 1.807) is 6.20 Å². The fourth-order valence-corrected chi connectivity index (χ4v) is 3.82. The summed E-state index contributed by atoms with van der Waals surface area (Å²) in [6.07, 6.45) is 4.11. The third kappa shape index (κ3) is 3.46. The first-order valence-corrected chi connectivity index (χ1v) is 9.23. The molecule has 0 saturated carbocycles. The molecule has 1 spiro atoms. The summed E-state index contributed by atoms with van der Waals surface area (Å²) in [6.45, 7) is 6.39. The van der Waals surface area contributed by atoms with E-state index in [4.69, 9.17) is 9.15 Å². The Morgan fingerprint density at radius 3 is 2.88 bits per heavy atom. The second-order valence-electron chi connectivity index (χ2n) is 7.36. The van der Waals surface area contributed by atoms with Gasteiger partial charge in [0.2, 0.25) is 5.89 Å². The van der Waals surface area contributed by atoms with E-state index in [1.807, 2.05) is 7.05 Å². The average molecular weight is 354 g/mol. The molecule has 0 bridgehead atoms.